The number of nitrogens with zero attached hydrogens (tertiary/aromatic N) is 1. The first-order chi connectivity index (χ1) is 7.19. The van der Waals surface area contributed by atoms with Crippen LogP contribution < -0.4 is 4.74 Å². The fraction of sp³-hybridized carbons (Fsp3) is 0.400. The highest BCUT2D eigenvalue weighted by Gasteiger charge is 2.15. The number of halogens is 1. The van der Waals surface area contributed by atoms with Crippen LogP contribution in [-0.4, -0.2) is 24.2 Å². The molecule has 0 aliphatic carbocycles. The smallest absolute Gasteiger partial charge is 0.343 e. The zero-order chi connectivity index (χ0) is 11.3. The number of pyridine rings is 1. The molecule has 0 atom stereocenters. The van der Waals surface area contributed by atoms with Crippen LogP contribution in [0.3, 0.4) is 0 Å². The molecule has 0 aliphatic rings. The van der Waals surface area contributed by atoms with Gasteiger partial charge in [0.2, 0.25) is 5.88 Å². The van der Waals surface area contributed by atoms with Gasteiger partial charge in [-0.2, -0.15) is 0 Å². The van der Waals surface area contributed by atoms with Gasteiger partial charge in [-0.1, -0.05) is 0 Å². The van der Waals surface area contributed by atoms with Gasteiger partial charge >= 0.3 is 5.97 Å². The summed E-state index contributed by atoms with van der Waals surface area (Å²) in [5, 5.41) is 0. The maximum Gasteiger partial charge on any atom is 0.343 e. The highest BCUT2D eigenvalue weighted by Crippen LogP contribution is 2.20. The first-order valence-corrected chi connectivity index (χ1v) is 5.43. The summed E-state index contributed by atoms with van der Waals surface area (Å²) in [4.78, 5) is 15.5. The van der Waals surface area contributed by atoms with E-state index < -0.39 is 5.97 Å². The van der Waals surface area contributed by atoms with Gasteiger partial charge in [-0.15, -0.1) is 0 Å². The molecule has 0 saturated heterocycles. The largest absolute Gasteiger partial charge is 0.477 e. The topological polar surface area (TPSA) is 48.4 Å². The number of ether oxygens (including phenoxy) is 2. The molecule has 0 unspecified atom stereocenters. The summed E-state index contributed by atoms with van der Waals surface area (Å²) in [6.45, 7) is 4.38. The lowest BCUT2D eigenvalue weighted by molar-refractivity contribution is 0.0521. The van der Waals surface area contributed by atoms with E-state index in [9.17, 15) is 4.79 Å². The molecule has 0 bridgehead atoms. The van der Waals surface area contributed by atoms with Gasteiger partial charge in [-0.3, -0.25) is 0 Å². The minimum absolute atomic E-state index is 0.305. The Hall–Kier alpha value is -1.10. The van der Waals surface area contributed by atoms with Crippen molar-refractivity contribution in [2.75, 3.05) is 13.2 Å². The number of aromatic nitrogens is 1. The molecule has 0 N–H and O–H groups in total. The summed E-state index contributed by atoms with van der Waals surface area (Å²) >= 11 is 3.24. The van der Waals surface area contributed by atoms with Crippen LogP contribution in [0.2, 0.25) is 0 Å². The van der Waals surface area contributed by atoms with E-state index in [0.717, 1.165) is 0 Å². The Morgan fingerprint density at radius 1 is 1.47 bits per heavy atom. The fourth-order valence-corrected chi connectivity index (χ4v) is 1.36. The van der Waals surface area contributed by atoms with Crippen molar-refractivity contribution in [3.8, 4) is 5.88 Å². The molecule has 1 heterocycles. The van der Waals surface area contributed by atoms with E-state index >= 15 is 0 Å². The number of esters is 1. The highest BCUT2D eigenvalue weighted by atomic mass is 79.9. The zero-order valence-corrected chi connectivity index (χ0v) is 10.2. The number of carbonyl (C=O) groups excluding carboxylic acids is 1. The lowest BCUT2D eigenvalue weighted by atomic mass is 10.3. The van der Waals surface area contributed by atoms with Crippen molar-refractivity contribution in [3.63, 3.8) is 0 Å². The minimum Gasteiger partial charge on any atom is -0.477 e. The van der Waals surface area contributed by atoms with Crippen molar-refractivity contribution in [2.24, 2.45) is 0 Å². The molecule has 0 spiro atoms. The number of carbonyl (C=O) groups is 1. The van der Waals surface area contributed by atoms with Crippen molar-refractivity contribution in [1.29, 1.82) is 0 Å². The number of hydrogen-bond donors (Lipinski definition) is 0. The Morgan fingerprint density at radius 3 is 2.80 bits per heavy atom. The Morgan fingerprint density at radius 2 is 2.20 bits per heavy atom. The average Bonchev–Trinajstić information content (AvgIpc) is 2.21. The van der Waals surface area contributed by atoms with Crippen LogP contribution >= 0.6 is 15.9 Å². The maximum absolute atomic E-state index is 11.5. The van der Waals surface area contributed by atoms with Crippen LogP contribution in [0.15, 0.2) is 16.7 Å². The molecule has 0 aliphatic heterocycles. The molecule has 0 amide bonds. The van der Waals surface area contributed by atoms with Crippen LogP contribution in [0.25, 0.3) is 0 Å². The molecular weight excluding hydrogens is 262 g/mol. The summed E-state index contributed by atoms with van der Waals surface area (Å²) in [6.07, 6.45) is 1.58. The molecule has 0 radical (unpaired) electrons. The van der Waals surface area contributed by atoms with Gasteiger partial charge in [-0.25, -0.2) is 9.78 Å². The van der Waals surface area contributed by atoms with Crippen LogP contribution in [0.1, 0.15) is 24.2 Å². The first kappa shape index (κ1) is 12.0. The number of hydrogen-bond acceptors (Lipinski definition) is 4. The quantitative estimate of drug-likeness (QED) is 0.791. The molecule has 0 aromatic carbocycles. The predicted molar refractivity (Wildman–Crippen MR) is 59.1 cm³/mol. The van der Waals surface area contributed by atoms with Gasteiger partial charge in [0.25, 0.3) is 0 Å². The molecule has 0 fully saturated rings. The predicted octanol–water partition coefficient (Wildman–Crippen LogP) is 2.42. The van der Waals surface area contributed by atoms with E-state index in [-0.39, 0.29) is 0 Å². The molecule has 1 aromatic heterocycles. The second-order valence-electron chi connectivity index (χ2n) is 2.66. The summed E-state index contributed by atoms with van der Waals surface area (Å²) in [5.74, 6) is -0.117. The Kier molecular flexibility index (Phi) is 4.55. The summed E-state index contributed by atoms with van der Waals surface area (Å²) in [6, 6.07) is 1.63. The van der Waals surface area contributed by atoms with Gasteiger partial charge in [0.1, 0.15) is 5.56 Å². The molecule has 82 valence electrons. The van der Waals surface area contributed by atoms with Crippen LogP contribution in [0, 0.1) is 0 Å². The second kappa shape index (κ2) is 5.70. The molecular formula is C10H12BrNO3. The lowest BCUT2D eigenvalue weighted by Gasteiger charge is -2.08. The van der Waals surface area contributed by atoms with E-state index in [0.29, 0.717) is 29.1 Å². The third kappa shape index (κ3) is 3.20. The molecule has 1 rings (SSSR count). The fourth-order valence-electron chi connectivity index (χ4n) is 1.03. The summed E-state index contributed by atoms with van der Waals surface area (Å²) in [5.41, 5.74) is 0.341. The second-order valence-corrected chi connectivity index (χ2v) is 3.58. The molecule has 15 heavy (non-hydrogen) atoms. The van der Waals surface area contributed by atoms with Crippen molar-refractivity contribution in [2.45, 2.75) is 13.8 Å². The average molecular weight is 274 g/mol. The molecule has 4 nitrogen and oxygen atoms in total. The number of rotatable bonds is 4. The Bertz CT molecular complexity index is 355. The van der Waals surface area contributed by atoms with E-state index in [1.165, 1.54) is 0 Å². The van der Waals surface area contributed by atoms with E-state index in [1.54, 1.807) is 19.2 Å². The molecule has 0 saturated carbocycles. The maximum atomic E-state index is 11.5. The zero-order valence-electron chi connectivity index (χ0n) is 8.62. The van der Waals surface area contributed by atoms with Crippen LogP contribution in [0.5, 0.6) is 5.88 Å². The van der Waals surface area contributed by atoms with Crippen molar-refractivity contribution < 1.29 is 14.3 Å². The van der Waals surface area contributed by atoms with Gasteiger partial charge in [0, 0.05) is 10.7 Å². The normalized spacial score (nSPS) is 9.80. The van der Waals surface area contributed by atoms with Crippen molar-refractivity contribution in [1.82, 2.24) is 4.98 Å². The monoisotopic (exact) mass is 273 g/mol. The van der Waals surface area contributed by atoms with E-state index in [1.807, 2.05) is 6.92 Å². The summed E-state index contributed by atoms with van der Waals surface area (Å²) in [7, 11) is 0. The van der Waals surface area contributed by atoms with E-state index in [4.69, 9.17) is 9.47 Å². The van der Waals surface area contributed by atoms with Gasteiger partial charge in [0.05, 0.1) is 13.2 Å². The third-order valence-corrected chi connectivity index (χ3v) is 2.03. The van der Waals surface area contributed by atoms with Gasteiger partial charge in [0.15, 0.2) is 0 Å². The van der Waals surface area contributed by atoms with Crippen LogP contribution in [-0.2, 0) is 4.74 Å². The van der Waals surface area contributed by atoms with Gasteiger partial charge in [-0.05, 0) is 35.8 Å². The molecule has 5 heteroatoms. The SMILES string of the molecule is CCOC(=O)c1cc(Br)cnc1OCC. The lowest BCUT2D eigenvalue weighted by Crippen LogP contribution is -2.09. The third-order valence-electron chi connectivity index (χ3n) is 1.59. The highest BCUT2D eigenvalue weighted by molar-refractivity contribution is 9.10. The van der Waals surface area contributed by atoms with Crippen molar-refractivity contribution in [3.05, 3.63) is 22.3 Å². The van der Waals surface area contributed by atoms with Crippen molar-refractivity contribution >= 4 is 21.9 Å². The minimum atomic E-state index is -0.422. The Balaban J connectivity index is 3.00. The Labute approximate surface area is 96.7 Å². The summed E-state index contributed by atoms with van der Waals surface area (Å²) < 4.78 is 10.8. The first-order valence-electron chi connectivity index (χ1n) is 4.64. The van der Waals surface area contributed by atoms with E-state index in [2.05, 4.69) is 20.9 Å². The molecule has 1 aromatic rings. The van der Waals surface area contributed by atoms with Crippen LogP contribution in [0.4, 0.5) is 0 Å². The van der Waals surface area contributed by atoms with Gasteiger partial charge < -0.3 is 9.47 Å². The standard InChI is InChI=1S/C10H12BrNO3/c1-3-14-9-8(10(13)15-4-2)5-7(11)6-12-9/h5-6H,3-4H2,1-2H3.